The van der Waals surface area contributed by atoms with Gasteiger partial charge in [-0.1, -0.05) is 178 Å². The van der Waals surface area contributed by atoms with Crippen LogP contribution in [0.15, 0.2) is 206 Å². The Hall–Kier alpha value is -7.94. The van der Waals surface area contributed by atoms with Crippen LogP contribution in [0.4, 0.5) is 17.1 Å². The molecule has 0 bridgehead atoms. The van der Waals surface area contributed by atoms with Crippen LogP contribution in [0.1, 0.15) is 36.2 Å². The van der Waals surface area contributed by atoms with E-state index in [0.717, 1.165) is 11.4 Å². The highest BCUT2D eigenvalue weighted by Crippen LogP contribution is 2.53. The molecule has 0 N–H and O–H groups in total. The second-order valence-corrected chi connectivity index (χ2v) is 18.5. The Balaban J connectivity index is 1.08. The smallest absolute Gasteiger partial charge is 0.0619 e. The van der Waals surface area contributed by atoms with E-state index in [4.69, 9.17) is 0 Å². The van der Waals surface area contributed by atoms with E-state index in [-0.39, 0.29) is 5.41 Å². The number of fused-ring (bicyclic) bond motifs is 13. The van der Waals surface area contributed by atoms with Crippen LogP contribution in [-0.4, -0.2) is 4.57 Å². The lowest BCUT2D eigenvalue weighted by Crippen LogP contribution is -2.16. The summed E-state index contributed by atoms with van der Waals surface area (Å²) < 4.78 is 2.56. The first-order valence-corrected chi connectivity index (χ1v) is 22.9. The van der Waals surface area contributed by atoms with Crippen molar-refractivity contribution in [1.29, 1.82) is 0 Å². The molecule has 2 heteroatoms. The number of para-hydroxylation sites is 1. The quantitative estimate of drug-likeness (QED) is 0.157. The van der Waals surface area contributed by atoms with Gasteiger partial charge in [0.2, 0.25) is 0 Å². The molecule has 308 valence electrons. The number of hydrogen-bond acceptors (Lipinski definition) is 1. The van der Waals surface area contributed by atoms with Gasteiger partial charge in [-0.3, -0.25) is 0 Å². The summed E-state index contributed by atoms with van der Waals surface area (Å²) >= 11 is 0. The fourth-order valence-electron chi connectivity index (χ4n) is 11.5. The molecule has 0 atom stereocenters. The van der Waals surface area contributed by atoms with Crippen molar-refractivity contribution >= 4 is 81.8 Å². The summed E-state index contributed by atoms with van der Waals surface area (Å²) in [4.78, 5) is 2.49. The van der Waals surface area contributed by atoms with Crippen molar-refractivity contribution in [2.75, 3.05) is 4.90 Å². The molecule has 0 unspecified atom stereocenters. The Labute approximate surface area is 379 Å². The van der Waals surface area contributed by atoms with E-state index in [2.05, 4.69) is 243 Å². The Morgan fingerprint density at radius 3 is 1.85 bits per heavy atom. The highest BCUT2D eigenvalue weighted by molar-refractivity contribution is 6.34. The Morgan fingerprint density at radius 1 is 0.400 bits per heavy atom. The molecule has 2 nitrogen and oxygen atoms in total. The molecule has 12 aromatic rings. The number of aromatic nitrogens is 1. The van der Waals surface area contributed by atoms with E-state index >= 15 is 0 Å². The molecule has 0 fully saturated rings. The molecule has 65 heavy (non-hydrogen) atoms. The van der Waals surface area contributed by atoms with Crippen LogP contribution in [-0.2, 0) is 5.41 Å². The summed E-state index contributed by atoms with van der Waals surface area (Å²) in [6.45, 7) is 9.38. The molecule has 1 aromatic heterocycles. The lowest BCUT2D eigenvalue weighted by atomic mass is 9.82. The maximum atomic E-state index is 2.56. The normalized spacial score (nSPS) is 13.0. The van der Waals surface area contributed by atoms with E-state index in [0.29, 0.717) is 0 Å². The third kappa shape index (κ3) is 5.41. The largest absolute Gasteiger partial charge is 0.312 e. The van der Waals surface area contributed by atoms with Crippen molar-refractivity contribution in [2.45, 2.75) is 33.1 Å². The van der Waals surface area contributed by atoms with Gasteiger partial charge in [-0.05, 0) is 133 Å². The Morgan fingerprint density at radius 2 is 1.03 bits per heavy atom. The van der Waals surface area contributed by atoms with Gasteiger partial charge in [0.1, 0.15) is 0 Å². The molecule has 1 heterocycles. The summed E-state index contributed by atoms with van der Waals surface area (Å²) in [5.74, 6) is 0. The topological polar surface area (TPSA) is 8.17 Å². The number of benzene rings is 11. The average molecular weight is 831 g/mol. The van der Waals surface area contributed by atoms with Gasteiger partial charge in [-0.25, -0.2) is 0 Å². The van der Waals surface area contributed by atoms with E-state index in [1.54, 1.807) is 0 Å². The van der Waals surface area contributed by atoms with Crippen LogP contribution in [0.3, 0.4) is 0 Å². The minimum atomic E-state index is -0.123. The molecule has 0 amide bonds. The predicted molar refractivity (Wildman–Crippen MR) is 278 cm³/mol. The summed E-state index contributed by atoms with van der Waals surface area (Å²) in [7, 11) is 0. The molecule has 0 spiro atoms. The minimum absolute atomic E-state index is 0.123. The van der Waals surface area contributed by atoms with Gasteiger partial charge < -0.3 is 9.47 Å². The summed E-state index contributed by atoms with van der Waals surface area (Å²) in [5.41, 5.74) is 16.2. The highest BCUT2D eigenvalue weighted by Gasteiger charge is 2.36. The second kappa shape index (κ2) is 14.0. The van der Waals surface area contributed by atoms with Gasteiger partial charge in [-0.15, -0.1) is 0 Å². The first-order chi connectivity index (χ1) is 31.9. The summed E-state index contributed by atoms with van der Waals surface area (Å²) in [6.07, 6.45) is 0. The van der Waals surface area contributed by atoms with Crippen LogP contribution in [0, 0.1) is 13.8 Å². The molecular formula is C63H46N2. The van der Waals surface area contributed by atoms with Gasteiger partial charge in [0, 0.05) is 44.0 Å². The van der Waals surface area contributed by atoms with Crippen molar-refractivity contribution in [2.24, 2.45) is 0 Å². The van der Waals surface area contributed by atoms with Gasteiger partial charge in [0.15, 0.2) is 0 Å². The van der Waals surface area contributed by atoms with Crippen LogP contribution >= 0.6 is 0 Å². The molecular weight excluding hydrogens is 785 g/mol. The van der Waals surface area contributed by atoms with Crippen molar-refractivity contribution in [3.8, 4) is 27.9 Å². The number of rotatable bonds is 5. The predicted octanol–water partition coefficient (Wildman–Crippen LogP) is 17.5. The van der Waals surface area contributed by atoms with Crippen LogP contribution in [0.5, 0.6) is 0 Å². The third-order valence-corrected chi connectivity index (χ3v) is 14.7. The SMILES string of the molecule is Cc1c(C)n(-c2ccc(-c3ccc4ccccc4c3)c3ccccc23)c2c3ccccc3c3cc(N(c4ccccc4)c4ccc5c(c4)C(C)(C)c4ccccc4-5)c4ccccc4c3c12. The van der Waals surface area contributed by atoms with Gasteiger partial charge in [0.25, 0.3) is 0 Å². The van der Waals surface area contributed by atoms with Crippen LogP contribution in [0.25, 0.3) is 92.7 Å². The maximum Gasteiger partial charge on any atom is 0.0619 e. The Bertz CT molecular complexity index is 3940. The fraction of sp³-hybridized carbons (Fsp3) is 0.0794. The molecule has 1 aliphatic rings. The second-order valence-electron chi connectivity index (χ2n) is 18.5. The molecule has 0 saturated heterocycles. The zero-order valence-corrected chi connectivity index (χ0v) is 37.0. The van der Waals surface area contributed by atoms with Crippen molar-refractivity contribution < 1.29 is 0 Å². The van der Waals surface area contributed by atoms with E-state index < -0.39 is 0 Å². The van der Waals surface area contributed by atoms with E-state index in [1.807, 2.05) is 0 Å². The van der Waals surface area contributed by atoms with E-state index in [9.17, 15) is 0 Å². The molecule has 0 aliphatic heterocycles. The number of nitrogens with zero attached hydrogens (tertiary/aromatic N) is 2. The average Bonchev–Trinajstić information content (AvgIpc) is 3.75. The van der Waals surface area contributed by atoms with Crippen molar-refractivity contribution in [1.82, 2.24) is 4.57 Å². The standard InChI is InChI=1S/C63H46N2/c1-39-40(2)64(58-35-34-46(47-22-10-12-25-51(47)58)43-31-30-41-18-8-9-19-42(41)36-43)62-54-28-15-11-23-48(54)55-38-59(52-26-13-14-27-53(52)61(55)60(39)62)65(44-20-6-5-7-21-44)45-32-33-50-49-24-16-17-29-56(49)63(3,4)57(50)37-45/h5-38H,1-4H3. The number of aryl methyl sites for hydroxylation is 1. The van der Waals surface area contributed by atoms with Gasteiger partial charge >= 0.3 is 0 Å². The van der Waals surface area contributed by atoms with Crippen LogP contribution in [0.2, 0.25) is 0 Å². The number of hydrogen-bond donors (Lipinski definition) is 0. The minimum Gasteiger partial charge on any atom is -0.312 e. The van der Waals surface area contributed by atoms with Crippen molar-refractivity contribution in [3.63, 3.8) is 0 Å². The van der Waals surface area contributed by atoms with Crippen LogP contribution < -0.4 is 4.90 Å². The molecule has 11 aromatic carbocycles. The monoisotopic (exact) mass is 830 g/mol. The highest BCUT2D eigenvalue weighted by atomic mass is 15.1. The summed E-state index contributed by atoms with van der Waals surface area (Å²) in [6, 6.07) is 76.8. The lowest BCUT2D eigenvalue weighted by molar-refractivity contribution is 0.660. The molecule has 0 radical (unpaired) electrons. The third-order valence-electron chi connectivity index (χ3n) is 14.7. The van der Waals surface area contributed by atoms with E-state index in [1.165, 1.54) is 121 Å². The summed E-state index contributed by atoms with van der Waals surface area (Å²) in [5, 5.41) is 13.8. The molecule has 0 saturated carbocycles. The number of anilines is 3. The molecule has 1 aliphatic carbocycles. The lowest BCUT2D eigenvalue weighted by Gasteiger charge is -2.30. The molecule has 13 rings (SSSR count). The van der Waals surface area contributed by atoms with Gasteiger partial charge in [0.05, 0.1) is 16.9 Å². The first kappa shape index (κ1) is 37.6. The fourth-order valence-corrected chi connectivity index (χ4v) is 11.5. The zero-order valence-electron chi connectivity index (χ0n) is 37.0. The Kier molecular flexibility index (Phi) is 8.12. The van der Waals surface area contributed by atoms with Crippen molar-refractivity contribution in [3.05, 3.63) is 229 Å². The first-order valence-electron chi connectivity index (χ1n) is 22.9. The van der Waals surface area contributed by atoms with Gasteiger partial charge in [-0.2, -0.15) is 0 Å². The zero-order chi connectivity index (χ0) is 43.6. The maximum absolute atomic E-state index is 2.56.